The molecule has 0 radical (unpaired) electrons. The molecule has 3 aromatic rings. The van der Waals surface area contributed by atoms with E-state index in [1.54, 1.807) is 22.5 Å². The Hall–Kier alpha value is -2.60. The second-order valence-electron chi connectivity index (χ2n) is 5.28. The molecular formula is C18H17N3O2S. The van der Waals surface area contributed by atoms with E-state index in [0.717, 1.165) is 16.1 Å². The van der Waals surface area contributed by atoms with Gasteiger partial charge in [-0.25, -0.2) is 0 Å². The molecule has 0 spiro atoms. The number of carbonyl (C=O) groups is 1. The number of aromatic nitrogens is 2. The summed E-state index contributed by atoms with van der Waals surface area (Å²) >= 11 is 1.66. The van der Waals surface area contributed by atoms with Gasteiger partial charge in [-0.15, -0.1) is 11.8 Å². The van der Waals surface area contributed by atoms with Gasteiger partial charge in [0.2, 0.25) is 11.3 Å². The Balaban J connectivity index is 1.68. The molecule has 0 fully saturated rings. The lowest BCUT2D eigenvalue weighted by Crippen LogP contribution is -2.18. The van der Waals surface area contributed by atoms with Gasteiger partial charge in [0.05, 0.1) is 18.3 Å². The number of aryl methyl sites for hydroxylation is 1. The van der Waals surface area contributed by atoms with Crippen molar-refractivity contribution in [2.24, 2.45) is 0 Å². The molecule has 0 saturated heterocycles. The average molecular weight is 339 g/mol. The Morgan fingerprint density at radius 1 is 1.17 bits per heavy atom. The molecule has 3 rings (SSSR count). The molecule has 0 aliphatic rings. The first-order chi connectivity index (χ1) is 11.7. The van der Waals surface area contributed by atoms with Gasteiger partial charge in [-0.05, 0) is 42.7 Å². The summed E-state index contributed by atoms with van der Waals surface area (Å²) in [7, 11) is 0. The molecule has 122 valence electrons. The molecule has 1 heterocycles. The molecule has 1 N–H and O–H groups in total. The highest BCUT2D eigenvalue weighted by Crippen LogP contribution is 2.17. The van der Waals surface area contributed by atoms with Crippen LogP contribution in [0.15, 0.2) is 64.4 Å². The Bertz CT molecular complexity index is 919. The van der Waals surface area contributed by atoms with E-state index in [9.17, 15) is 9.59 Å². The lowest BCUT2D eigenvalue weighted by atomic mass is 10.2. The van der Waals surface area contributed by atoms with Crippen molar-refractivity contribution >= 4 is 34.3 Å². The first-order valence-electron chi connectivity index (χ1n) is 7.56. The number of anilines is 1. The van der Waals surface area contributed by atoms with E-state index < -0.39 is 0 Å². The molecule has 0 aliphatic heterocycles. The number of fused-ring (bicyclic) bond motifs is 1. The summed E-state index contributed by atoms with van der Waals surface area (Å²) in [6.45, 7) is 0.412. The van der Waals surface area contributed by atoms with Gasteiger partial charge in [0, 0.05) is 22.4 Å². The van der Waals surface area contributed by atoms with Crippen LogP contribution in [0.25, 0.3) is 10.9 Å². The summed E-state index contributed by atoms with van der Waals surface area (Å²) < 4.78 is 1.69. The number of para-hydroxylation sites is 1. The topological polar surface area (TPSA) is 64.0 Å². The lowest BCUT2D eigenvalue weighted by molar-refractivity contribution is -0.116. The van der Waals surface area contributed by atoms with Gasteiger partial charge in [-0.3, -0.25) is 14.3 Å². The average Bonchev–Trinajstić information content (AvgIpc) is 2.62. The van der Waals surface area contributed by atoms with Crippen molar-refractivity contribution in [1.29, 1.82) is 0 Å². The van der Waals surface area contributed by atoms with Crippen molar-refractivity contribution in [2.45, 2.75) is 17.9 Å². The third-order valence-corrected chi connectivity index (χ3v) is 4.43. The van der Waals surface area contributed by atoms with Crippen LogP contribution in [0, 0.1) is 0 Å². The van der Waals surface area contributed by atoms with Crippen LogP contribution in [-0.4, -0.2) is 21.9 Å². The van der Waals surface area contributed by atoms with E-state index in [4.69, 9.17) is 0 Å². The minimum Gasteiger partial charge on any atom is -0.326 e. The number of thioether (sulfide) groups is 1. The molecule has 5 nitrogen and oxygen atoms in total. The fourth-order valence-electron chi connectivity index (χ4n) is 2.44. The van der Waals surface area contributed by atoms with Crippen molar-refractivity contribution in [3.8, 4) is 0 Å². The van der Waals surface area contributed by atoms with Gasteiger partial charge in [-0.1, -0.05) is 12.1 Å². The van der Waals surface area contributed by atoms with Gasteiger partial charge in [-0.2, -0.15) is 5.10 Å². The van der Waals surface area contributed by atoms with E-state index in [-0.39, 0.29) is 17.8 Å². The Morgan fingerprint density at radius 2 is 1.92 bits per heavy atom. The first-order valence-corrected chi connectivity index (χ1v) is 8.78. The molecule has 2 aromatic carbocycles. The highest BCUT2D eigenvalue weighted by molar-refractivity contribution is 7.98. The second-order valence-corrected chi connectivity index (χ2v) is 6.16. The molecule has 6 heteroatoms. The number of nitrogens with zero attached hydrogens (tertiary/aromatic N) is 2. The number of benzene rings is 2. The molecule has 0 aliphatic carbocycles. The highest BCUT2D eigenvalue weighted by atomic mass is 32.2. The van der Waals surface area contributed by atoms with Crippen LogP contribution in [0.3, 0.4) is 0 Å². The maximum absolute atomic E-state index is 12.1. The molecule has 0 atom stereocenters. The largest absolute Gasteiger partial charge is 0.326 e. The van der Waals surface area contributed by atoms with Crippen LogP contribution >= 0.6 is 11.8 Å². The maximum atomic E-state index is 12.1. The standard InChI is InChI=1S/C18H17N3O2S/c1-24-14-8-6-13(7-9-14)20-18(23)10-11-21-16-5-3-2-4-15(16)17(22)12-19-21/h2-9,12H,10-11H2,1H3,(H,20,23). The fourth-order valence-corrected chi connectivity index (χ4v) is 2.85. The summed E-state index contributed by atoms with van der Waals surface area (Å²) in [5.74, 6) is -0.0866. The number of rotatable bonds is 5. The number of carbonyl (C=O) groups excluding carboxylic acids is 1. The monoisotopic (exact) mass is 339 g/mol. The van der Waals surface area contributed by atoms with E-state index in [1.807, 2.05) is 48.7 Å². The predicted octanol–water partition coefficient (Wildman–Crippen LogP) is 3.15. The fraction of sp³-hybridized carbons (Fsp3) is 0.167. The second kappa shape index (κ2) is 7.31. The van der Waals surface area contributed by atoms with Crippen LogP contribution in [0.4, 0.5) is 5.69 Å². The summed E-state index contributed by atoms with van der Waals surface area (Å²) in [4.78, 5) is 25.1. The number of hydrogen-bond donors (Lipinski definition) is 1. The Labute approximate surface area is 143 Å². The highest BCUT2D eigenvalue weighted by Gasteiger charge is 2.07. The van der Waals surface area contributed by atoms with E-state index >= 15 is 0 Å². The van der Waals surface area contributed by atoms with Gasteiger partial charge < -0.3 is 5.32 Å². The Morgan fingerprint density at radius 3 is 2.67 bits per heavy atom. The SMILES string of the molecule is CSc1ccc(NC(=O)CCn2ncc(=O)c3ccccc32)cc1. The zero-order valence-electron chi connectivity index (χ0n) is 13.2. The number of amides is 1. The normalized spacial score (nSPS) is 10.7. The van der Waals surface area contributed by atoms with Crippen molar-refractivity contribution < 1.29 is 4.79 Å². The van der Waals surface area contributed by atoms with Crippen LogP contribution in [0.2, 0.25) is 0 Å². The zero-order valence-corrected chi connectivity index (χ0v) is 14.0. The van der Waals surface area contributed by atoms with Crippen molar-refractivity contribution in [1.82, 2.24) is 9.78 Å². The summed E-state index contributed by atoms with van der Waals surface area (Å²) in [6, 6.07) is 15.0. The van der Waals surface area contributed by atoms with Crippen LogP contribution in [0.5, 0.6) is 0 Å². The Kier molecular flexibility index (Phi) is 4.96. The molecule has 24 heavy (non-hydrogen) atoms. The summed E-state index contributed by atoms with van der Waals surface area (Å²) in [5, 5.41) is 7.61. The van der Waals surface area contributed by atoms with Gasteiger partial charge in [0.15, 0.2) is 0 Å². The maximum Gasteiger partial charge on any atom is 0.226 e. The lowest BCUT2D eigenvalue weighted by Gasteiger charge is -2.09. The predicted molar refractivity (Wildman–Crippen MR) is 97.5 cm³/mol. The minimum atomic E-state index is -0.111. The van der Waals surface area contributed by atoms with Gasteiger partial charge in [0.1, 0.15) is 0 Å². The van der Waals surface area contributed by atoms with Gasteiger partial charge >= 0.3 is 0 Å². The van der Waals surface area contributed by atoms with E-state index in [1.165, 1.54) is 6.20 Å². The van der Waals surface area contributed by atoms with Crippen LogP contribution in [0.1, 0.15) is 6.42 Å². The van der Waals surface area contributed by atoms with Crippen LogP contribution < -0.4 is 10.7 Å². The molecule has 1 amide bonds. The van der Waals surface area contributed by atoms with E-state index in [0.29, 0.717) is 11.9 Å². The molecular weight excluding hydrogens is 322 g/mol. The van der Waals surface area contributed by atoms with E-state index in [2.05, 4.69) is 10.4 Å². The summed E-state index contributed by atoms with van der Waals surface area (Å²) in [5.41, 5.74) is 1.40. The third kappa shape index (κ3) is 3.65. The third-order valence-electron chi connectivity index (χ3n) is 3.69. The minimum absolute atomic E-state index is 0.0866. The summed E-state index contributed by atoms with van der Waals surface area (Å²) in [6.07, 6.45) is 3.58. The number of nitrogens with one attached hydrogen (secondary N) is 1. The molecule has 0 saturated carbocycles. The van der Waals surface area contributed by atoms with Crippen molar-refractivity contribution in [3.05, 3.63) is 65.0 Å². The van der Waals surface area contributed by atoms with Gasteiger partial charge in [0.25, 0.3) is 0 Å². The quantitative estimate of drug-likeness (QED) is 0.725. The molecule has 0 bridgehead atoms. The first kappa shape index (κ1) is 16.3. The van der Waals surface area contributed by atoms with Crippen LogP contribution in [-0.2, 0) is 11.3 Å². The molecule has 1 aromatic heterocycles. The smallest absolute Gasteiger partial charge is 0.226 e. The van der Waals surface area contributed by atoms with Crippen molar-refractivity contribution in [2.75, 3.05) is 11.6 Å². The number of hydrogen-bond acceptors (Lipinski definition) is 4. The molecule has 0 unspecified atom stereocenters. The zero-order chi connectivity index (χ0) is 16.9. The van der Waals surface area contributed by atoms with Crippen molar-refractivity contribution in [3.63, 3.8) is 0 Å².